The molecule has 2 nitrogen and oxygen atoms in total. The van der Waals surface area contributed by atoms with Crippen molar-refractivity contribution in [3.63, 3.8) is 0 Å². The number of hydrogen-bond donors (Lipinski definition) is 0. The number of aromatic nitrogens is 2. The van der Waals surface area contributed by atoms with Crippen LogP contribution in [0, 0.1) is 20.8 Å². The molecule has 0 spiro atoms. The van der Waals surface area contributed by atoms with Crippen molar-refractivity contribution in [2.24, 2.45) is 0 Å². The van der Waals surface area contributed by atoms with Gasteiger partial charge in [0.05, 0.1) is 22.1 Å². The van der Waals surface area contributed by atoms with Crippen LogP contribution in [0.4, 0.5) is 0 Å². The van der Waals surface area contributed by atoms with Gasteiger partial charge >= 0.3 is 0 Å². The van der Waals surface area contributed by atoms with Crippen LogP contribution in [0.2, 0.25) is 0 Å². The third kappa shape index (κ3) is 5.84. The highest BCUT2D eigenvalue weighted by Crippen LogP contribution is 2.37. The maximum absolute atomic E-state index is 2.39. The molecule has 0 aliphatic carbocycles. The number of hydrogen-bond acceptors (Lipinski definition) is 0. The number of nitrogens with zero attached hydrogens (tertiary/aromatic N) is 2. The number of para-hydroxylation sites is 1. The molecule has 0 atom stereocenters. The lowest BCUT2D eigenvalue weighted by Crippen LogP contribution is -1.93. The average molecular weight is 705 g/mol. The normalized spacial score (nSPS) is 11.8. The lowest BCUT2D eigenvalue weighted by molar-refractivity contribution is 1.18. The highest BCUT2D eigenvalue weighted by Gasteiger charge is 2.15. The van der Waals surface area contributed by atoms with Gasteiger partial charge in [-0.05, 0) is 127 Å². The number of benzene rings is 8. The van der Waals surface area contributed by atoms with Gasteiger partial charge in [-0.2, -0.15) is 0 Å². The minimum absolute atomic E-state index is 1.17. The first-order chi connectivity index (χ1) is 27.0. The van der Waals surface area contributed by atoms with Gasteiger partial charge in [-0.1, -0.05) is 132 Å². The van der Waals surface area contributed by atoms with Crippen LogP contribution < -0.4 is 0 Å². The van der Waals surface area contributed by atoms with Crippen molar-refractivity contribution in [3.8, 4) is 33.6 Å². The summed E-state index contributed by atoms with van der Waals surface area (Å²) in [7, 11) is 0. The third-order valence-corrected chi connectivity index (χ3v) is 11.1. The Kier molecular flexibility index (Phi) is 7.85. The van der Waals surface area contributed by atoms with E-state index in [-0.39, 0.29) is 0 Å². The molecular weight excluding hydrogens is 665 g/mol. The zero-order chi connectivity index (χ0) is 37.0. The summed E-state index contributed by atoms with van der Waals surface area (Å²) in [6.45, 7) is 6.50. The first-order valence-electron chi connectivity index (χ1n) is 19.1. The summed E-state index contributed by atoms with van der Waals surface area (Å²) in [5.41, 5.74) is 18.3. The van der Waals surface area contributed by atoms with Gasteiger partial charge in [-0.3, -0.25) is 0 Å². The maximum Gasteiger partial charge on any atom is 0.0541 e. The minimum atomic E-state index is 1.17. The second kappa shape index (κ2) is 13.2. The van der Waals surface area contributed by atoms with Crippen LogP contribution in [-0.2, 0) is 0 Å². The number of rotatable bonds is 6. The van der Waals surface area contributed by atoms with Gasteiger partial charge in [0.1, 0.15) is 0 Å². The van der Waals surface area contributed by atoms with Gasteiger partial charge in [0.25, 0.3) is 0 Å². The van der Waals surface area contributed by atoms with Crippen molar-refractivity contribution in [2.45, 2.75) is 20.8 Å². The lowest BCUT2D eigenvalue weighted by atomic mass is 10.0. The van der Waals surface area contributed by atoms with E-state index in [0.29, 0.717) is 0 Å². The second-order valence-electron chi connectivity index (χ2n) is 14.9. The molecule has 2 aromatic heterocycles. The summed E-state index contributed by atoms with van der Waals surface area (Å²) in [4.78, 5) is 0. The Morgan fingerprint density at radius 3 is 1.11 bits per heavy atom. The van der Waals surface area contributed by atoms with Gasteiger partial charge in [-0.25, -0.2) is 0 Å². The van der Waals surface area contributed by atoms with Crippen LogP contribution in [0.1, 0.15) is 27.8 Å². The van der Waals surface area contributed by atoms with E-state index in [1.54, 1.807) is 0 Å². The number of aryl methyl sites for hydroxylation is 3. The van der Waals surface area contributed by atoms with E-state index in [1.807, 2.05) is 0 Å². The fraction of sp³-hybridized carbons (Fsp3) is 0.0566. The Morgan fingerprint density at radius 1 is 0.309 bits per heavy atom. The van der Waals surface area contributed by atoms with Crippen LogP contribution in [0.3, 0.4) is 0 Å². The predicted octanol–water partition coefficient (Wildman–Crippen LogP) is 14.3. The Labute approximate surface area is 321 Å². The first-order valence-corrected chi connectivity index (χ1v) is 19.1. The van der Waals surface area contributed by atoms with Crippen molar-refractivity contribution in [1.82, 2.24) is 9.13 Å². The highest BCUT2D eigenvalue weighted by atomic mass is 15.0. The standard InChI is InChI=1S/C53H40N2/c1-35-9-27-50-46(31-35)47-32-36(2)10-28-51(47)55(50)45-25-22-41(23-26-45)40-18-14-38(15-19-40)12-13-39-16-20-42(21-17-39)43-24-30-53-49(34-43)48-33-37(3)11-29-52(48)54(53)44-7-5-4-6-8-44/h4-34H,1-3H3/b13-12+. The lowest BCUT2D eigenvalue weighted by Gasteiger charge is -2.10. The van der Waals surface area contributed by atoms with Crippen molar-refractivity contribution < 1.29 is 0 Å². The van der Waals surface area contributed by atoms with Crippen LogP contribution in [0.15, 0.2) is 176 Å². The van der Waals surface area contributed by atoms with Gasteiger partial charge in [0.2, 0.25) is 0 Å². The SMILES string of the molecule is Cc1ccc2c(c1)c1cc(C)ccc1n2-c1ccc(-c2ccc(/C=C/c3ccc(-c4ccc5c(c4)c4cc(C)ccc4n5-c4ccccc4)cc3)cc2)cc1. The van der Waals surface area contributed by atoms with E-state index in [9.17, 15) is 0 Å². The number of fused-ring (bicyclic) bond motifs is 6. The monoisotopic (exact) mass is 704 g/mol. The third-order valence-electron chi connectivity index (χ3n) is 11.1. The molecule has 0 saturated heterocycles. The van der Waals surface area contributed by atoms with E-state index >= 15 is 0 Å². The molecule has 0 aliphatic heterocycles. The van der Waals surface area contributed by atoms with Gasteiger partial charge in [0.15, 0.2) is 0 Å². The molecule has 2 heteroatoms. The fourth-order valence-electron chi connectivity index (χ4n) is 8.27. The van der Waals surface area contributed by atoms with Crippen molar-refractivity contribution in [2.75, 3.05) is 0 Å². The fourth-order valence-corrected chi connectivity index (χ4v) is 8.27. The molecule has 0 bridgehead atoms. The molecule has 0 fully saturated rings. The molecule has 10 aromatic rings. The molecule has 0 radical (unpaired) electrons. The smallest absolute Gasteiger partial charge is 0.0541 e. The Hall–Kier alpha value is -6.90. The summed E-state index contributed by atoms with van der Waals surface area (Å²) in [6, 6.07) is 64.5. The van der Waals surface area contributed by atoms with Crippen LogP contribution in [0.25, 0.3) is 89.4 Å². The largest absolute Gasteiger partial charge is 0.309 e. The predicted molar refractivity (Wildman–Crippen MR) is 236 cm³/mol. The molecule has 55 heavy (non-hydrogen) atoms. The van der Waals surface area contributed by atoms with Crippen molar-refractivity contribution in [1.29, 1.82) is 0 Å². The van der Waals surface area contributed by atoms with Crippen molar-refractivity contribution >= 4 is 55.8 Å². The van der Waals surface area contributed by atoms with E-state index in [0.717, 1.165) is 0 Å². The van der Waals surface area contributed by atoms with Gasteiger partial charge in [-0.15, -0.1) is 0 Å². The quantitative estimate of drug-likeness (QED) is 0.153. The summed E-state index contributed by atoms with van der Waals surface area (Å²) in [5.74, 6) is 0. The van der Waals surface area contributed by atoms with Crippen molar-refractivity contribution in [3.05, 3.63) is 204 Å². The average Bonchev–Trinajstić information content (AvgIpc) is 3.72. The Balaban J connectivity index is 0.879. The summed E-state index contributed by atoms with van der Waals surface area (Å²) >= 11 is 0. The van der Waals surface area contributed by atoms with E-state index in [2.05, 4.69) is 218 Å². The molecule has 0 unspecified atom stereocenters. The van der Waals surface area contributed by atoms with Gasteiger partial charge < -0.3 is 9.13 Å². The molecule has 262 valence electrons. The zero-order valence-electron chi connectivity index (χ0n) is 31.3. The summed E-state index contributed by atoms with van der Waals surface area (Å²) in [6.07, 6.45) is 4.39. The molecule has 10 rings (SSSR count). The molecule has 0 amide bonds. The summed E-state index contributed by atoms with van der Waals surface area (Å²) < 4.78 is 4.76. The topological polar surface area (TPSA) is 9.86 Å². The molecule has 2 heterocycles. The van der Waals surface area contributed by atoms with Crippen LogP contribution >= 0.6 is 0 Å². The van der Waals surface area contributed by atoms with Gasteiger partial charge in [0, 0.05) is 32.9 Å². The molecule has 0 N–H and O–H groups in total. The Bertz CT molecular complexity index is 3010. The summed E-state index contributed by atoms with van der Waals surface area (Å²) in [5, 5.41) is 5.17. The van der Waals surface area contributed by atoms with Crippen LogP contribution in [0.5, 0.6) is 0 Å². The first kappa shape index (κ1) is 32.7. The Morgan fingerprint density at radius 2 is 0.655 bits per heavy atom. The molecule has 0 aliphatic rings. The minimum Gasteiger partial charge on any atom is -0.309 e. The maximum atomic E-state index is 2.39. The second-order valence-corrected chi connectivity index (χ2v) is 14.9. The highest BCUT2D eigenvalue weighted by molar-refractivity contribution is 6.11. The molecule has 8 aromatic carbocycles. The molecule has 0 saturated carbocycles. The zero-order valence-corrected chi connectivity index (χ0v) is 31.3. The van der Waals surface area contributed by atoms with E-state index in [1.165, 1.54) is 105 Å². The van der Waals surface area contributed by atoms with E-state index < -0.39 is 0 Å². The van der Waals surface area contributed by atoms with Crippen LogP contribution in [-0.4, -0.2) is 9.13 Å². The molecular formula is C53H40N2. The van der Waals surface area contributed by atoms with E-state index in [4.69, 9.17) is 0 Å².